The van der Waals surface area contributed by atoms with Crippen molar-refractivity contribution in [2.45, 2.75) is 38.0 Å². The Bertz CT molecular complexity index is 1040. The van der Waals surface area contributed by atoms with Crippen molar-refractivity contribution >= 4 is 21.9 Å². The van der Waals surface area contributed by atoms with E-state index in [-0.39, 0.29) is 11.1 Å². The van der Waals surface area contributed by atoms with Crippen LogP contribution in [0.1, 0.15) is 22.1 Å². The summed E-state index contributed by atoms with van der Waals surface area (Å²) in [5, 5.41) is 20.0. The number of carbonyl (C=O) groups is 1. The number of nitrogens with zero attached hydrogens (tertiary/aromatic N) is 2. The number of hydrogen-bond acceptors (Lipinski definition) is 7. The predicted molar refractivity (Wildman–Crippen MR) is 106 cm³/mol. The van der Waals surface area contributed by atoms with Crippen molar-refractivity contribution in [3.8, 4) is 0 Å². The van der Waals surface area contributed by atoms with Crippen molar-refractivity contribution < 1.29 is 28.9 Å². The van der Waals surface area contributed by atoms with Gasteiger partial charge in [0, 0.05) is 16.2 Å². The van der Waals surface area contributed by atoms with Crippen LogP contribution >= 0.6 is 15.9 Å². The van der Waals surface area contributed by atoms with E-state index < -0.39 is 61.6 Å². The Morgan fingerprint density at radius 2 is 1.97 bits per heavy atom. The van der Waals surface area contributed by atoms with Crippen LogP contribution in [-0.4, -0.2) is 56.9 Å². The molecule has 0 aliphatic carbocycles. The van der Waals surface area contributed by atoms with Gasteiger partial charge >= 0.3 is 11.7 Å². The summed E-state index contributed by atoms with van der Waals surface area (Å²) in [6.45, 7) is -0.554. The average Bonchev–Trinajstić information content (AvgIpc) is 3.04. The Balaban J connectivity index is 2.00. The molecule has 2 heterocycles. The molecule has 11 heteroatoms. The summed E-state index contributed by atoms with van der Waals surface area (Å²) >= 11 is 3.26. The first-order valence-corrected chi connectivity index (χ1v) is 9.87. The number of rotatable bonds is 6. The standard InChI is InChI=1S/C19H20BrFN2O7/c1-10-8-23(19(28)22(7-6-21)16(10)26)17-15(14(25)13(9-24)29-17)30-18(27)11-2-4-12(20)5-3-11/h2-5,8,13-15,17,24-25H,6-7,9H2,1H3/t13-,14?,15?,17-/m1/s1. The molecule has 9 nitrogen and oxygen atoms in total. The highest BCUT2D eigenvalue weighted by molar-refractivity contribution is 9.10. The number of aliphatic hydroxyl groups is 2. The summed E-state index contributed by atoms with van der Waals surface area (Å²) in [5.41, 5.74) is -1.22. The normalized spacial score (nSPS) is 23.5. The maximum Gasteiger partial charge on any atom is 0.338 e. The molecular formula is C19H20BrFN2O7. The van der Waals surface area contributed by atoms with E-state index in [9.17, 15) is 29.0 Å². The second kappa shape index (κ2) is 9.21. The second-order valence-corrected chi connectivity index (χ2v) is 7.68. The molecule has 0 saturated carbocycles. The third-order valence-corrected chi connectivity index (χ3v) is 5.29. The largest absolute Gasteiger partial charge is 0.451 e. The zero-order valence-corrected chi connectivity index (χ0v) is 17.5. The summed E-state index contributed by atoms with van der Waals surface area (Å²) in [7, 11) is 0. The van der Waals surface area contributed by atoms with Crippen molar-refractivity contribution in [2.24, 2.45) is 0 Å². The van der Waals surface area contributed by atoms with E-state index in [1.54, 1.807) is 12.1 Å². The molecule has 30 heavy (non-hydrogen) atoms. The third kappa shape index (κ3) is 4.24. The van der Waals surface area contributed by atoms with Gasteiger partial charge in [-0.15, -0.1) is 0 Å². The van der Waals surface area contributed by atoms with Crippen molar-refractivity contribution in [3.05, 3.63) is 66.9 Å². The van der Waals surface area contributed by atoms with Crippen LogP contribution < -0.4 is 11.2 Å². The fourth-order valence-corrected chi connectivity index (χ4v) is 3.48. The van der Waals surface area contributed by atoms with Crippen molar-refractivity contribution in [2.75, 3.05) is 13.3 Å². The molecule has 0 radical (unpaired) electrons. The van der Waals surface area contributed by atoms with Crippen LogP contribution in [0.2, 0.25) is 0 Å². The SMILES string of the molecule is Cc1cn([C@@H]2O[C@H](CO)C(O)C2OC(=O)c2ccc(Br)cc2)c(=O)n(CCF)c1=O. The maximum atomic E-state index is 12.8. The zero-order chi connectivity index (χ0) is 22.0. The van der Waals surface area contributed by atoms with E-state index in [4.69, 9.17) is 9.47 Å². The number of halogens is 2. The quantitative estimate of drug-likeness (QED) is 0.571. The molecule has 0 amide bonds. The zero-order valence-electron chi connectivity index (χ0n) is 15.9. The van der Waals surface area contributed by atoms with E-state index in [0.717, 1.165) is 9.04 Å². The van der Waals surface area contributed by atoms with Gasteiger partial charge < -0.3 is 19.7 Å². The summed E-state index contributed by atoms with van der Waals surface area (Å²) < 4.78 is 26.2. The molecular weight excluding hydrogens is 467 g/mol. The predicted octanol–water partition coefficient (Wildman–Crippen LogP) is 0.527. The number of hydrogen-bond donors (Lipinski definition) is 2. The average molecular weight is 487 g/mol. The lowest BCUT2D eigenvalue weighted by Gasteiger charge is -2.23. The van der Waals surface area contributed by atoms with Crippen LogP contribution in [0.5, 0.6) is 0 Å². The molecule has 0 bridgehead atoms. The topological polar surface area (TPSA) is 120 Å². The first kappa shape index (κ1) is 22.3. The number of carbonyl (C=O) groups excluding carboxylic acids is 1. The van der Waals surface area contributed by atoms with E-state index in [2.05, 4.69) is 15.9 Å². The minimum Gasteiger partial charge on any atom is -0.451 e. The highest BCUT2D eigenvalue weighted by atomic mass is 79.9. The Morgan fingerprint density at radius 3 is 2.57 bits per heavy atom. The Hall–Kier alpha value is -2.34. The fourth-order valence-electron chi connectivity index (χ4n) is 3.22. The first-order chi connectivity index (χ1) is 14.3. The molecule has 1 aromatic carbocycles. The minimum atomic E-state index is -1.44. The summed E-state index contributed by atoms with van der Waals surface area (Å²) in [6.07, 6.45) is -4.06. The lowest BCUT2D eigenvalue weighted by atomic mass is 10.1. The number of ether oxygens (including phenoxy) is 2. The van der Waals surface area contributed by atoms with Crippen molar-refractivity contribution in [3.63, 3.8) is 0 Å². The number of esters is 1. The minimum absolute atomic E-state index is 0.131. The Kier molecular flexibility index (Phi) is 6.86. The van der Waals surface area contributed by atoms with Gasteiger partial charge in [0.15, 0.2) is 12.3 Å². The number of aryl methyl sites for hydroxylation is 1. The van der Waals surface area contributed by atoms with Crippen molar-refractivity contribution in [1.82, 2.24) is 9.13 Å². The summed E-state index contributed by atoms with van der Waals surface area (Å²) in [4.78, 5) is 37.5. The second-order valence-electron chi connectivity index (χ2n) is 6.76. The molecule has 1 fully saturated rings. The van der Waals surface area contributed by atoms with E-state index >= 15 is 0 Å². The summed E-state index contributed by atoms with van der Waals surface area (Å²) in [6, 6.07) is 6.27. The van der Waals surface area contributed by atoms with Gasteiger partial charge in [-0.1, -0.05) is 15.9 Å². The molecule has 1 aliphatic rings. The Labute approximate surface area is 178 Å². The lowest BCUT2D eigenvalue weighted by Crippen LogP contribution is -2.45. The highest BCUT2D eigenvalue weighted by Gasteiger charge is 2.47. The molecule has 1 aromatic heterocycles. The molecule has 2 N–H and O–H groups in total. The van der Waals surface area contributed by atoms with Gasteiger partial charge in [0.1, 0.15) is 18.9 Å². The molecule has 1 aliphatic heterocycles. The number of alkyl halides is 1. The van der Waals surface area contributed by atoms with Gasteiger partial charge in [-0.05, 0) is 31.2 Å². The van der Waals surface area contributed by atoms with Gasteiger partial charge in [-0.3, -0.25) is 13.9 Å². The highest BCUT2D eigenvalue weighted by Crippen LogP contribution is 2.31. The van der Waals surface area contributed by atoms with Crippen LogP contribution in [0.3, 0.4) is 0 Å². The van der Waals surface area contributed by atoms with Gasteiger partial charge in [0.25, 0.3) is 5.56 Å². The first-order valence-electron chi connectivity index (χ1n) is 9.08. The molecule has 3 rings (SSSR count). The number of aliphatic hydroxyl groups excluding tert-OH is 2. The van der Waals surface area contributed by atoms with Crippen LogP contribution in [-0.2, 0) is 16.0 Å². The van der Waals surface area contributed by atoms with Crippen molar-refractivity contribution in [1.29, 1.82) is 0 Å². The van der Waals surface area contributed by atoms with E-state index in [1.807, 2.05) is 0 Å². The molecule has 4 atom stereocenters. The van der Waals surface area contributed by atoms with Gasteiger partial charge in [0.05, 0.1) is 18.7 Å². The third-order valence-electron chi connectivity index (χ3n) is 4.77. The smallest absolute Gasteiger partial charge is 0.338 e. The van der Waals surface area contributed by atoms with Gasteiger partial charge in [-0.2, -0.15) is 0 Å². The van der Waals surface area contributed by atoms with Gasteiger partial charge in [0.2, 0.25) is 0 Å². The van der Waals surface area contributed by atoms with E-state index in [0.29, 0.717) is 4.57 Å². The lowest BCUT2D eigenvalue weighted by molar-refractivity contribution is -0.0610. The Morgan fingerprint density at radius 1 is 1.30 bits per heavy atom. The molecule has 2 aromatic rings. The molecule has 1 saturated heterocycles. The number of benzene rings is 1. The van der Waals surface area contributed by atoms with E-state index in [1.165, 1.54) is 25.3 Å². The van der Waals surface area contributed by atoms with Crippen LogP contribution in [0.25, 0.3) is 0 Å². The van der Waals surface area contributed by atoms with Crippen LogP contribution in [0, 0.1) is 6.92 Å². The molecule has 162 valence electrons. The monoisotopic (exact) mass is 486 g/mol. The molecule has 0 spiro atoms. The van der Waals surface area contributed by atoms with Gasteiger partial charge in [-0.25, -0.2) is 14.0 Å². The van der Waals surface area contributed by atoms with Crippen LogP contribution in [0.4, 0.5) is 4.39 Å². The maximum absolute atomic E-state index is 12.8. The van der Waals surface area contributed by atoms with Crippen LogP contribution in [0.15, 0.2) is 44.5 Å². The fraction of sp³-hybridized carbons (Fsp3) is 0.421. The summed E-state index contributed by atoms with van der Waals surface area (Å²) in [5.74, 6) is -0.777. The molecule has 2 unspecified atom stereocenters. The number of aromatic nitrogens is 2.